The Morgan fingerprint density at radius 3 is 2.03 bits per heavy atom. The molecule has 0 saturated heterocycles. The Hall–Kier alpha value is -2.64. The van der Waals surface area contributed by atoms with Crippen molar-refractivity contribution in [2.24, 2.45) is 35.9 Å². The van der Waals surface area contributed by atoms with Crippen molar-refractivity contribution in [2.45, 2.75) is 91.1 Å². The maximum atomic E-state index is 13.0. The first-order chi connectivity index (χ1) is 17.3. The van der Waals surface area contributed by atoms with Crippen molar-refractivity contribution < 1.29 is 19.3 Å². The molecule has 2 aromatic heterocycles. The molecule has 1 aliphatic rings. The average molecular weight is 499 g/mol. The van der Waals surface area contributed by atoms with E-state index < -0.39 is 0 Å². The Kier molecular flexibility index (Phi) is 10.6. The summed E-state index contributed by atoms with van der Waals surface area (Å²) >= 11 is 0. The molecule has 8 heteroatoms. The van der Waals surface area contributed by atoms with Gasteiger partial charge in [-0.25, -0.2) is 18.3 Å². The molecular weight excluding hydrogens is 452 g/mol. The smallest absolute Gasteiger partial charge is 0.292 e. The van der Waals surface area contributed by atoms with Gasteiger partial charge in [0.1, 0.15) is 24.8 Å². The van der Waals surface area contributed by atoms with Crippen LogP contribution in [0.2, 0.25) is 0 Å². The fourth-order valence-electron chi connectivity index (χ4n) is 5.33. The summed E-state index contributed by atoms with van der Waals surface area (Å²) in [6.45, 7) is 8.36. The van der Waals surface area contributed by atoms with Gasteiger partial charge in [-0.15, -0.1) is 0 Å². The molecule has 1 saturated carbocycles. The second kappa shape index (κ2) is 13.6. The lowest BCUT2D eigenvalue weighted by Gasteiger charge is -2.27. The Balaban J connectivity index is 1.51. The van der Waals surface area contributed by atoms with E-state index in [2.05, 4.69) is 28.4 Å². The van der Waals surface area contributed by atoms with Crippen molar-refractivity contribution in [3.05, 3.63) is 36.4 Å². The van der Waals surface area contributed by atoms with Gasteiger partial charge in [-0.1, -0.05) is 26.2 Å². The van der Waals surface area contributed by atoms with Crippen LogP contribution >= 0.6 is 0 Å². The number of nitrogens with zero attached hydrogens (tertiary/aromatic N) is 6. The Morgan fingerprint density at radius 1 is 0.889 bits per heavy atom. The molecule has 0 bridgehead atoms. The van der Waals surface area contributed by atoms with E-state index in [0.717, 1.165) is 38.6 Å². The van der Waals surface area contributed by atoms with Gasteiger partial charge < -0.3 is 10.2 Å². The van der Waals surface area contributed by atoms with E-state index in [1.54, 1.807) is 0 Å². The van der Waals surface area contributed by atoms with Crippen molar-refractivity contribution in [2.75, 3.05) is 13.1 Å². The zero-order chi connectivity index (χ0) is 26.1. The summed E-state index contributed by atoms with van der Waals surface area (Å²) in [4.78, 5) is 8.90. The van der Waals surface area contributed by atoms with E-state index in [4.69, 9.17) is 0 Å². The lowest BCUT2D eigenvalue weighted by Crippen LogP contribution is -2.41. The fraction of sp³-hybridized carbons (Fsp3) is 0.714. The Bertz CT molecular complexity index is 1010. The third-order valence-corrected chi connectivity index (χ3v) is 7.73. The summed E-state index contributed by atoms with van der Waals surface area (Å²) in [6.07, 6.45) is 17.9. The van der Waals surface area contributed by atoms with Crippen molar-refractivity contribution >= 4 is 11.8 Å². The van der Waals surface area contributed by atoms with Crippen LogP contribution in [0.25, 0.3) is 0 Å². The maximum Gasteiger partial charge on any atom is 0.292 e. The highest BCUT2D eigenvalue weighted by Gasteiger charge is 2.23. The van der Waals surface area contributed by atoms with E-state index in [0.29, 0.717) is 42.6 Å². The predicted octanol–water partition coefficient (Wildman–Crippen LogP) is 2.21. The summed E-state index contributed by atoms with van der Waals surface area (Å²) in [7, 11) is 3.81. The second-order valence-corrected chi connectivity index (χ2v) is 10.5. The minimum atomic E-state index is -0.137. The molecule has 36 heavy (non-hydrogen) atoms. The number of hydrogen-bond acceptors (Lipinski definition) is 4. The molecule has 2 heterocycles. The predicted molar refractivity (Wildman–Crippen MR) is 139 cm³/mol. The van der Waals surface area contributed by atoms with Gasteiger partial charge in [0.25, 0.3) is 11.6 Å². The highest BCUT2D eigenvalue weighted by Crippen LogP contribution is 2.29. The molecule has 1 aliphatic carbocycles. The molecule has 200 valence electrons. The van der Waals surface area contributed by atoms with Crippen LogP contribution in [-0.2, 0) is 20.6 Å². The van der Waals surface area contributed by atoms with Crippen LogP contribution in [-0.4, -0.2) is 34.0 Å². The molecule has 0 aliphatic heterocycles. The molecule has 2 aromatic rings. The minimum absolute atomic E-state index is 0.113. The van der Waals surface area contributed by atoms with Crippen LogP contribution in [0, 0.1) is 11.8 Å². The second-order valence-electron chi connectivity index (χ2n) is 10.5. The standard InChI is InChI=1S/C28H46N6O2/c1-6-8-9-10-11-22(3)34-19-17-32(5)28(34)26(36)30-21-24-14-12-23(13-15-24)20-29-25(35)27-31(4)16-18-33(27)7-2/h16-19,22-24H,6-15,20-21H2,1-5H3. The molecule has 0 spiro atoms. The number of imidazole rings is 2. The number of unbranched alkanes of at least 4 members (excludes halogenated alkanes) is 3. The van der Waals surface area contributed by atoms with E-state index in [-0.39, 0.29) is 11.8 Å². The van der Waals surface area contributed by atoms with Crippen LogP contribution < -0.4 is 19.3 Å². The summed E-state index contributed by atoms with van der Waals surface area (Å²) in [5, 5.41) is 25.7. The van der Waals surface area contributed by atoms with E-state index in [1.165, 1.54) is 25.7 Å². The molecule has 0 aromatic carbocycles. The van der Waals surface area contributed by atoms with Gasteiger partial charge in [0.05, 0.1) is 38.5 Å². The van der Waals surface area contributed by atoms with Gasteiger partial charge in [-0.2, -0.15) is 0 Å². The van der Waals surface area contributed by atoms with Crippen LogP contribution in [0.3, 0.4) is 0 Å². The maximum absolute atomic E-state index is 13.0. The van der Waals surface area contributed by atoms with E-state index in [1.807, 2.05) is 59.5 Å². The molecular formula is C28H46N6O2. The van der Waals surface area contributed by atoms with Crippen LogP contribution in [0.1, 0.15) is 96.2 Å². The van der Waals surface area contributed by atoms with Crippen molar-refractivity contribution in [1.82, 2.24) is 9.13 Å². The van der Waals surface area contributed by atoms with Gasteiger partial charge in [0.15, 0.2) is 0 Å². The molecule has 0 amide bonds. The summed E-state index contributed by atoms with van der Waals surface area (Å²) < 4.78 is 7.78. The molecule has 1 atom stereocenters. The molecule has 3 rings (SSSR count). The van der Waals surface area contributed by atoms with E-state index >= 15 is 0 Å². The molecule has 8 nitrogen and oxygen atoms in total. The van der Waals surface area contributed by atoms with Crippen molar-refractivity contribution in [3.63, 3.8) is 0 Å². The quantitative estimate of drug-likeness (QED) is 0.183. The summed E-state index contributed by atoms with van der Waals surface area (Å²) in [5.41, 5.74) is 0. The van der Waals surface area contributed by atoms with E-state index in [9.17, 15) is 10.2 Å². The normalized spacial score (nSPS) is 20.1. The topological polar surface area (TPSA) is 88.5 Å². The molecule has 1 fully saturated rings. The SMILES string of the molecule is CCCCCCC(C)n1cc[n+](C)c1C([O-])=NCC1CCC(CN=C([O-])c2n(CC)cc[n+]2C)CC1. The highest BCUT2D eigenvalue weighted by molar-refractivity contribution is 5.85. The zero-order valence-electron chi connectivity index (χ0n) is 23.0. The average Bonchev–Trinajstić information content (AvgIpc) is 3.46. The summed E-state index contributed by atoms with van der Waals surface area (Å²) in [6, 6.07) is 0.293. The number of aliphatic imine (C=N–C) groups is 2. The third kappa shape index (κ3) is 7.20. The fourth-order valence-corrected chi connectivity index (χ4v) is 5.33. The molecule has 0 radical (unpaired) electrons. The number of aryl methyl sites for hydroxylation is 3. The number of hydrogen-bond donors (Lipinski definition) is 0. The summed E-state index contributed by atoms with van der Waals surface area (Å²) in [5.74, 6) is 1.92. The Morgan fingerprint density at radius 2 is 1.44 bits per heavy atom. The van der Waals surface area contributed by atoms with Gasteiger partial charge in [-0.3, -0.25) is 9.98 Å². The van der Waals surface area contributed by atoms with Crippen LogP contribution in [0.4, 0.5) is 0 Å². The van der Waals surface area contributed by atoms with Gasteiger partial charge in [0, 0.05) is 13.1 Å². The first kappa shape index (κ1) is 27.9. The van der Waals surface area contributed by atoms with Crippen LogP contribution in [0.15, 0.2) is 34.8 Å². The Labute approximate surface area is 217 Å². The lowest BCUT2D eigenvalue weighted by molar-refractivity contribution is -0.674. The number of aromatic nitrogens is 4. The first-order valence-electron chi connectivity index (χ1n) is 13.9. The molecule has 0 N–H and O–H groups in total. The van der Waals surface area contributed by atoms with Gasteiger partial charge in [-0.05, 0) is 64.2 Å². The van der Waals surface area contributed by atoms with Crippen LogP contribution in [0.5, 0.6) is 0 Å². The third-order valence-electron chi connectivity index (χ3n) is 7.73. The first-order valence-corrected chi connectivity index (χ1v) is 13.9. The molecule has 1 unspecified atom stereocenters. The van der Waals surface area contributed by atoms with Crippen molar-refractivity contribution in [3.8, 4) is 0 Å². The zero-order valence-corrected chi connectivity index (χ0v) is 23.0. The largest absolute Gasteiger partial charge is 0.853 e. The number of rotatable bonds is 13. The lowest BCUT2D eigenvalue weighted by atomic mass is 9.82. The minimum Gasteiger partial charge on any atom is -0.853 e. The van der Waals surface area contributed by atoms with Crippen molar-refractivity contribution in [1.29, 1.82) is 0 Å². The monoisotopic (exact) mass is 498 g/mol. The van der Waals surface area contributed by atoms with Gasteiger partial charge in [0.2, 0.25) is 0 Å². The van der Waals surface area contributed by atoms with Gasteiger partial charge >= 0.3 is 0 Å². The highest BCUT2D eigenvalue weighted by atomic mass is 16.3.